The molecule has 10 heavy (non-hydrogen) atoms. The predicted octanol–water partition coefficient (Wildman–Crippen LogP) is 0.718. The summed E-state index contributed by atoms with van der Waals surface area (Å²) in [6.07, 6.45) is 6.74. The zero-order chi connectivity index (χ0) is 6.41. The molecular formula is C6H7O2WY-3. The van der Waals surface area contributed by atoms with E-state index in [2.05, 4.69) is 6.08 Å². The maximum atomic E-state index is 8.49. The SMILES string of the molecule is O[C-]=C[C-]=C[C](O)=[W].[CH3-].[Y]. The molecule has 0 fully saturated rings. The van der Waals surface area contributed by atoms with Crippen LogP contribution in [0, 0.1) is 19.8 Å². The van der Waals surface area contributed by atoms with E-state index < -0.39 is 0 Å². The topological polar surface area (TPSA) is 40.5 Å². The van der Waals surface area contributed by atoms with Gasteiger partial charge in [-0.15, -0.1) is 0 Å². The van der Waals surface area contributed by atoms with Crippen molar-refractivity contribution in [2.75, 3.05) is 0 Å². The maximum absolute atomic E-state index is 8.49. The summed E-state index contributed by atoms with van der Waals surface area (Å²) in [6.45, 7) is 0. The van der Waals surface area contributed by atoms with E-state index >= 15 is 0 Å². The summed E-state index contributed by atoms with van der Waals surface area (Å²) < 4.78 is 0.233. The van der Waals surface area contributed by atoms with Gasteiger partial charge in [-0.05, 0) is 0 Å². The number of rotatable bonds is 2. The van der Waals surface area contributed by atoms with Crippen LogP contribution in [-0.4, -0.2) is 14.3 Å². The van der Waals surface area contributed by atoms with Gasteiger partial charge in [0.05, 0.1) is 0 Å². The summed E-state index contributed by atoms with van der Waals surface area (Å²) in [5.41, 5.74) is 0. The van der Waals surface area contributed by atoms with Gasteiger partial charge in [0.1, 0.15) is 0 Å². The molecule has 0 amide bonds. The Morgan fingerprint density at radius 2 is 2.00 bits per heavy atom. The Hall–Kier alpha value is 0.902. The van der Waals surface area contributed by atoms with Crippen molar-refractivity contribution in [2.24, 2.45) is 0 Å². The van der Waals surface area contributed by atoms with Crippen LogP contribution in [0.4, 0.5) is 0 Å². The Balaban J connectivity index is -0.000000245. The van der Waals surface area contributed by atoms with Gasteiger partial charge in [-0.1, -0.05) is 0 Å². The molecule has 0 aliphatic carbocycles. The summed E-state index contributed by atoms with van der Waals surface area (Å²) in [6, 6.07) is 0. The van der Waals surface area contributed by atoms with Crippen molar-refractivity contribution in [1.29, 1.82) is 0 Å². The predicted molar refractivity (Wildman–Crippen MR) is 31.6 cm³/mol. The van der Waals surface area contributed by atoms with Crippen LogP contribution >= 0.6 is 0 Å². The molecule has 0 spiro atoms. The van der Waals surface area contributed by atoms with Crippen LogP contribution in [0.15, 0.2) is 12.2 Å². The van der Waals surface area contributed by atoms with E-state index in [1.54, 1.807) is 6.26 Å². The van der Waals surface area contributed by atoms with E-state index in [1.807, 2.05) is 0 Å². The van der Waals surface area contributed by atoms with Gasteiger partial charge >= 0.3 is 58.1 Å². The first-order valence-corrected chi connectivity index (χ1v) is 3.27. The third kappa shape index (κ3) is 16.0. The fraction of sp³-hybridized carbons (Fsp3) is 0. The molecule has 0 saturated carbocycles. The second-order valence-electron chi connectivity index (χ2n) is 0.923. The third-order valence-electron chi connectivity index (χ3n) is 0.355. The summed E-state index contributed by atoms with van der Waals surface area (Å²) in [7, 11) is 0. The van der Waals surface area contributed by atoms with Crippen molar-refractivity contribution in [1.82, 2.24) is 0 Å². The van der Waals surface area contributed by atoms with E-state index in [4.69, 9.17) is 10.2 Å². The molecule has 2 N–H and O–H groups in total. The van der Waals surface area contributed by atoms with E-state index in [-0.39, 0.29) is 44.2 Å². The van der Waals surface area contributed by atoms with Gasteiger partial charge in [-0.2, -0.15) is 0 Å². The zero-order valence-electron chi connectivity index (χ0n) is 5.53. The fourth-order valence-corrected chi connectivity index (χ4v) is 0.395. The van der Waals surface area contributed by atoms with Crippen LogP contribution in [-0.2, 0) is 52.1 Å². The van der Waals surface area contributed by atoms with Crippen LogP contribution in [0.1, 0.15) is 0 Å². The summed E-state index contributed by atoms with van der Waals surface area (Å²) in [4.78, 5) is 0. The van der Waals surface area contributed by atoms with E-state index in [0.29, 0.717) is 0 Å². The van der Waals surface area contributed by atoms with Crippen LogP contribution < -0.4 is 0 Å². The van der Waals surface area contributed by atoms with Crippen LogP contribution in [0.2, 0.25) is 0 Å². The molecule has 0 aromatic rings. The minimum absolute atomic E-state index is 0. The first-order valence-electron chi connectivity index (χ1n) is 1.81. The normalized spacial score (nSPS) is 8.90. The molecule has 4 heteroatoms. The number of aliphatic hydroxyl groups excluding tert-OH is 2. The monoisotopic (exact) mass is 384 g/mol. The maximum Gasteiger partial charge on any atom is 0 e. The molecule has 2 nitrogen and oxygen atoms in total. The molecule has 0 bridgehead atoms. The van der Waals surface area contributed by atoms with Gasteiger partial charge in [0.15, 0.2) is 0 Å². The molecule has 55 valence electrons. The smallest absolute Gasteiger partial charge is 0 e. The Bertz CT molecular complexity index is 132. The summed E-state index contributed by atoms with van der Waals surface area (Å²) in [5, 5.41) is 16.4. The van der Waals surface area contributed by atoms with Gasteiger partial charge in [-0.25, -0.2) is 0 Å². The van der Waals surface area contributed by atoms with Gasteiger partial charge < -0.3 is 7.43 Å². The van der Waals surface area contributed by atoms with Crippen molar-refractivity contribution < 1.29 is 62.3 Å². The Labute approximate surface area is 97.3 Å². The molecule has 0 heterocycles. The minimum Gasteiger partial charge on any atom is -0.358 e. The van der Waals surface area contributed by atoms with Gasteiger partial charge in [0.25, 0.3) is 0 Å². The van der Waals surface area contributed by atoms with Crippen molar-refractivity contribution in [3.8, 4) is 0 Å². The molecule has 0 aromatic heterocycles. The summed E-state index contributed by atoms with van der Waals surface area (Å²) in [5.74, 6) is 0. The van der Waals surface area contributed by atoms with Crippen LogP contribution in [0.3, 0.4) is 0 Å². The number of hydrogen-bond donors (Lipinski definition) is 2. The third-order valence-corrected chi connectivity index (χ3v) is 0.778. The van der Waals surface area contributed by atoms with Gasteiger partial charge in [0.2, 0.25) is 0 Å². The second kappa shape index (κ2) is 12.6. The molecule has 0 unspecified atom stereocenters. The van der Waals surface area contributed by atoms with Crippen molar-refractivity contribution >= 4 is 4.08 Å². The molecule has 0 rings (SSSR count). The fourth-order valence-electron chi connectivity index (χ4n) is 0.150. The molecule has 0 aromatic carbocycles. The van der Waals surface area contributed by atoms with E-state index in [0.717, 1.165) is 19.4 Å². The largest absolute Gasteiger partial charge is 0.358 e. The van der Waals surface area contributed by atoms with Gasteiger partial charge in [-0.3, -0.25) is 0 Å². The quantitative estimate of drug-likeness (QED) is 0.419. The molecule has 0 aliphatic rings. The minimum atomic E-state index is 0. The second-order valence-corrected chi connectivity index (χ2v) is 2.43. The Morgan fingerprint density at radius 1 is 1.50 bits per heavy atom. The average Bonchev–Trinajstić information content (AvgIpc) is 1.66. The molecule has 1 radical (unpaired) electrons. The van der Waals surface area contributed by atoms with Crippen molar-refractivity contribution in [3.63, 3.8) is 0 Å². The first kappa shape index (κ1) is 17.1. The average molecular weight is 384 g/mol. The van der Waals surface area contributed by atoms with Crippen molar-refractivity contribution in [2.45, 2.75) is 0 Å². The summed E-state index contributed by atoms with van der Waals surface area (Å²) >= 11 is 0.971. The Kier molecular flexibility index (Phi) is 21.5. The number of allylic oxidation sites excluding steroid dienone is 2. The number of aliphatic hydroxyl groups is 2. The van der Waals surface area contributed by atoms with Crippen LogP contribution in [0.25, 0.3) is 0 Å². The van der Waals surface area contributed by atoms with Gasteiger partial charge in [0, 0.05) is 32.7 Å². The first-order chi connectivity index (χ1) is 3.77. The number of hydrogen-bond acceptors (Lipinski definition) is 2. The zero-order valence-corrected chi connectivity index (χ0v) is 11.3. The van der Waals surface area contributed by atoms with E-state index in [1.165, 1.54) is 12.2 Å². The Morgan fingerprint density at radius 3 is 2.30 bits per heavy atom. The van der Waals surface area contributed by atoms with E-state index in [9.17, 15) is 0 Å². The van der Waals surface area contributed by atoms with Crippen molar-refractivity contribution in [3.05, 3.63) is 31.9 Å². The molecule has 0 saturated heterocycles. The molecule has 0 aliphatic heterocycles. The molecular weight excluding hydrogens is 377 g/mol. The standard InChI is InChI=1S/C5H4O2.CH3.W.Y/c6-4-2-1-3-5-7;;;/h2-3,6-7H;1H3;;/q-2;-1;;. The molecule has 0 atom stereocenters. The van der Waals surface area contributed by atoms with Crippen LogP contribution in [0.5, 0.6) is 0 Å².